The van der Waals surface area contributed by atoms with Crippen LogP contribution in [0.25, 0.3) is 0 Å². The van der Waals surface area contributed by atoms with E-state index in [1.54, 1.807) is 6.33 Å². The summed E-state index contributed by atoms with van der Waals surface area (Å²) in [6.45, 7) is 1.98. The zero-order chi connectivity index (χ0) is 8.55. The van der Waals surface area contributed by atoms with Gasteiger partial charge >= 0.3 is 0 Å². The quantitative estimate of drug-likeness (QED) is 0.611. The van der Waals surface area contributed by atoms with Crippen molar-refractivity contribution >= 4 is 11.8 Å². The van der Waals surface area contributed by atoms with Gasteiger partial charge in [0.15, 0.2) is 0 Å². The molecule has 0 spiro atoms. The van der Waals surface area contributed by atoms with E-state index >= 15 is 0 Å². The maximum atomic E-state index is 9.35. The predicted octanol–water partition coefficient (Wildman–Crippen LogP) is 1.14. The third kappa shape index (κ3) is 1.32. The zero-order valence-electron chi connectivity index (χ0n) is 6.82. The van der Waals surface area contributed by atoms with Crippen molar-refractivity contribution in [1.29, 1.82) is 0 Å². The first-order valence-corrected chi connectivity index (χ1v) is 4.80. The summed E-state index contributed by atoms with van der Waals surface area (Å²) in [5.74, 6) is 0. The molecule has 3 nitrogen and oxygen atoms in total. The van der Waals surface area contributed by atoms with Crippen LogP contribution >= 0.6 is 11.8 Å². The molecule has 1 aliphatic rings. The Morgan fingerprint density at radius 2 is 2.42 bits per heavy atom. The van der Waals surface area contributed by atoms with Crippen molar-refractivity contribution in [2.75, 3.05) is 0 Å². The summed E-state index contributed by atoms with van der Waals surface area (Å²) >= 11 is 1.43. The molecule has 4 heteroatoms. The molecule has 12 heavy (non-hydrogen) atoms. The van der Waals surface area contributed by atoms with Gasteiger partial charge in [-0.25, -0.2) is 9.97 Å². The normalized spacial score (nSPS) is 22.0. The van der Waals surface area contributed by atoms with Gasteiger partial charge in [-0.3, -0.25) is 0 Å². The van der Waals surface area contributed by atoms with Gasteiger partial charge < -0.3 is 5.11 Å². The van der Waals surface area contributed by atoms with Crippen LogP contribution in [0.1, 0.15) is 17.7 Å². The van der Waals surface area contributed by atoms with Crippen LogP contribution in [-0.4, -0.2) is 20.5 Å². The number of thioether (sulfide) groups is 1. The fraction of sp³-hybridized carbons (Fsp3) is 0.500. The Kier molecular flexibility index (Phi) is 2.02. The lowest BCUT2D eigenvalue weighted by Crippen LogP contribution is -2.12. The Morgan fingerprint density at radius 1 is 1.58 bits per heavy atom. The molecule has 0 saturated carbocycles. The van der Waals surface area contributed by atoms with Gasteiger partial charge in [0.25, 0.3) is 0 Å². The average molecular weight is 182 g/mol. The zero-order valence-corrected chi connectivity index (χ0v) is 7.64. The highest BCUT2D eigenvalue weighted by atomic mass is 32.2. The molecule has 1 aromatic rings. The number of fused-ring (bicyclic) bond motifs is 1. The Balaban J connectivity index is 2.42. The summed E-state index contributed by atoms with van der Waals surface area (Å²) in [5, 5.41) is 10.3. The second kappa shape index (κ2) is 3.03. The van der Waals surface area contributed by atoms with Gasteiger partial charge in [-0.2, -0.15) is 0 Å². The number of aryl methyl sites for hydroxylation is 1. The minimum absolute atomic E-state index is 0.285. The summed E-state index contributed by atoms with van der Waals surface area (Å²) in [5.41, 5.74) is 1.96. The molecule has 0 aliphatic carbocycles. The van der Waals surface area contributed by atoms with Crippen LogP contribution in [0, 0.1) is 6.92 Å². The second-order valence-corrected chi connectivity index (χ2v) is 4.02. The van der Waals surface area contributed by atoms with E-state index < -0.39 is 0 Å². The highest BCUT2D eigenvalue weighted by Crippen LogP contribution is 2.32. The van der Waals surface area contributed by atoms with Gasteiger partial charge in [0, 0.05) is 11.3 Å². The summed E-state index contributed by atoms with van der Waals surface area (Å²) < 4.78 is 0. The molecule has 0 aromatic carbocycles. The van der Waals surface area contributed by atoms with Crippen molar-refractivity contribution in [3.05, 3.63) is 17.6 Å². The van der Waals surface area contributed by atoms with Gasteiger partial charge in [0.1, 0.15) is 16.8 Å². The predicted molar refractivity (Wildman–Crippen MR) is 47.0 cm³/mol. The van der Waals surface area contributed by atoms with E-state index in [2.05, 4.69) is 9.97 Å². The minimum Gasteiger partial charge on any atom is -0.382 e. The van der Waals surface area contributed by atoms with Crippen LogP contribution in [0.5, 0.6) is 0 Å². The number of nitrogens with zero attached hydrogens (tertiary/aromatic N) is 2. The fourth-order valence-electron chi connectivity index (χ4n) is 1.32. The van der Waals surface area contributed by atoms with Gasteiger partial charge in [-0.15, -0.1) is 0 Å². The number of aromatic nitrogens is 2. The Morgan fingerprint density at radius 3 is 3.25 bits per heavy atom. The second-order valence-electron chi connectivity index (χ2n) is 2.85. The van der Waals surface area contributed by atoms with Crippen molar-refractivity contribution in [3.63, 3.8) is 0 Å². The molecule has 1 aromatic heterocycles. The van der Waals surface area contributed by atoms with Gasteiger partial charge in [-0.05, 0) is 19.8 Å². The fourth-order valence-corrected chi connectivity index (χ4v) is 2.32. The van der Waals surface area contributed by atoms with Gasteiger partial charge in [-0.1, -0.05) is 11.8 Å². The molecule has 2 rings (SSSR count). The molecule has 1 unspecified atom stereocenters. The summed E-state index contributed by atoms with van der Waals surface area (Å²) in [7, 11) is 0. The molecular weight excluding hydrogens is 172 g/mol. The first-order chi connectivity index (χ1) is 5.77. The van der Waals surface area contributed by atoms with Crippen molar-refractivity contribution in [2.24, 2.45) is 0 Å². The van der Waals surface area contributed by atoms with Gasteiger partial charge in [0.05, 0.1) is 0 Å². The largest absolute Gasteiger partial charge is 0.382 e. The van der Waals surface area contributed by atoms with E-state index in [0.717, 1.165) is 23.6 Å². The number of hydrogen-bond acceptors (Lipinski definition) is 4. The topological polar surface area (TPSA) is 46.0 Å². The van der Waals surface area contributed by atoms with E-state index in [4.69, 9.17) is 0 Å². The lowest BCUT2D eigenvalue weighted by molar-refractivity contribution is 0.249. The van der Waals surface area contributed by atoms with Crippen molar-refractivity contribution < 1.29 is 5.11 Å². The third-order valence-electron chi connectivity index (χ3n) is 2.01. The van der Waals surface area contributed by atoms with E-state index in [1.807, 2.05) is 6.92 Å². The number of aliphatic hydroxyl groups is 1. The Bertz CT molecular complexity index is 303. The highest BCUT2D eigenvalue weighted by molar-refractivity contribution is 7.99. The molecule has 0 bridgehead atoms. The molecule has 0 amide bonds. The number of hydrogen-bond donors (Lipinski definition) is 1. The lowest BCUT2D eigenvalue weighted by atomic mass is 10.1. The van der Waals surface area contributed by atoms with E-state index in [0.29, 0.717) is 0 Å². The SMILES string of the molecule is Cc1ncnc2c1CCC(O)S2. The van der Waals surface area contributed by atoms with E-state index in [9.17, 15) is 5.11 Å². The van der Waals surface area contributed by atoms with Crippen LogP contribution in [0.4, 0.5) is 0 Å². The maximum Gasteiger partial charge on any atom is 0.116 e. The van der Waals surface area contributed by atoms with E-state index in [-0.39, 0.29) is 5.44 Å². The molecule has 1 N–H and O–H groups in total. The van der Waals surface area contributed by atoms with Crippen LogP contribution < -0.4 is 0 Å². The van der Waals surface area contributed by atoms with Crippen molar-refractivity contribution in [1.82, 2.24) is 9.97 Å². The summed E-state index contributed by atoms with van der Waals surface area (Å²) in [4.78, 5) is 8.23. The standard InChI is InChI=1S/C8H10N2OS/c1-5-6-2-3-7(11)12-8(6)10-4-9-5/h4,7,11H,2-3H2,1H3. The molecule has 64 valence electrons. The maximum absolute atomic E-state index is 9.35. The molecule has 0 saturated heterocycles. The van der Waals surface area contributed by atoms with Crippen LogP contribution in [-0.2, 0) is 6.42 Å². The minimum atomic E-state index is -0.285. The van der Waals surface area contributed by atoms with Crippen LogP contribution in [0.3, 0.4) is 0 Å². The summed E-state index contributed by atoms with van der Waals surface area (Å²) in [6, 6.07) is 0. The molecular formula is C8H10N2OS. The average Bonchev–Trinajstić information content (AvgIpc) is 2.04. The van der Waals surface area contributed by atoms with E-state index in [1.165, 1.54) is 17.3 Å². The molecule has 2 heterocycles. The number of aliphatic hydroxyl groups excluding tert-OH is 1. The molecule has 0 fully saturated rings. The van der Waals surface area contributed by atoms with Crippen LogP contribution in [0.15, 0.2) is 11.4 Å². The first kappa shape index (κ1) is 8.01. The van der Waals surface area contributed by atoms with Gasteiger partial charge in [0.2, 0.25) is 0 Å². The number of rotatable bonds is 0. The molecule has 0 radical (unpaired) electrons. The monoisotopic (exact) mass is 182 g/mol. The van der Waals surface area contributed by atoms with Crippen molar-refractivity contribution in [3.8, 4) is 0 Å². The smallest absolute Gasteiger partial charge is 0.116 e. The Hall–Kier alpha value is -0.610. The highest BCUT2D eigenvalue weighted by Gasteiger charge is 2.19. The third-order valence-corrected chi connectivity index (χ3v) is 3.09. The molecule has 1 aliphatic heterocycles. The first-order valence-electron chi connectivity index (χ1n) is 3.92. The van der Waals surface area contributed by atoms with Crippen molar-refractivity contribution in [2.45, 2.75) is 30.2 Å². The Labute approximate surface area is 75.2 Å². The lowest BCUT2D eigenvalue weighted by Gasteiger charge is -2.19. The summed E-state index contributed by atoms with van der Waals surface area (Å²) in [6.07, 6.45) is 3.27. The van der Waals surface area contributed by atoms with Crippen LogP contribution in [0.2, 0.25) is 0 Å². The molecule has 1 atom stereocenters.